The molecule has 3 N–H and O–H groups in total. The molecule has 0 spiro atoms. The van der Waals surface area contributed by atoms with E-state index in [0.29, 0.717) is 6.42 Å². The van der Waals surface area contributed by atoms with E-state index < -0.39 is 0 Å². The summed E-state index contributed by atoms with van der Waals surface area (Å²) in [4.78, 5) is 11.4. The zero-order valence-corrected chi connectivity index (χ0v) is 11.7. The van der Waals surface area contributed by atoms with Crippen molar-refractivity contribution in [2.75, 3.05) is 5.32 Å². The lowest BCUT2D eigenvalue weighted by molar-refractivity contribution is -0.118. The van der Waals surface area contributed by atoms with E-state index in [2.05, 4.69) is 23.5 Å². The molecule has 1 unspecified atom stereocenters. The Balaban J connectivity index is 2.20. The largest absolute Gasteiger partial charge is 0.373 e. The lowest BCUT2D eigenvalue weighted by Crippen LogP contribution is -2.35. The molecule has 1 amide bonds. The standard InChI is InChI=1S/C17H20N2O/c1-2-15(17(18)20)19-16-11-7-6-10-14(16)12-13-8-4-3-5-9-13/h3-11,15,19H,2,12H2,1H3,(H2,18,20). The Morgan fingerprint density at radius 2 is 1.75 bits per heavy atom. The second-order valence-corrected chi connectivity index (χ2v) is 4.83. The van der Waals surface area contributed by atoms with Crippen molar-refractivity contribution in [2.45, 2.75) is 25.8 Å². The molecule has 104 valence electrons. The molecule has 0 bridgehead atoms. The maximum Gasteiger partial charge on any atom is 0.239 e. The Morgan fingerprint density at radius 1 is 1.10 bits per heavy atom. The van der Waals surface area contributed by atoms with Gasteiger partial charge >= 0.3 is 0 Å². The molecule has 20 heavy (non-hydrogen) atoms. The minimum atomic E-state index is -0.327. The number of hydrogen-bond donors (Lipinski definition) is 2. The fourth-order valence-electron chi connectivity index (χ4n) is 2.19. The molecule has 2 aromatic rings. The van der Waals surface area contributed by atoms with Crippen LogP contribution in [0.2, 0.25) is 0 Å². The Kier molecular flexibility index (Phi) is 4.77. The summed E-state index contributed by atoms with van der Waals surface area (Å²) < 4.78 is 0. The highest BCUT2D eigenvalue weighted by molar-refractivity contribution is 5.83. The highest BCUT2D eigenvalue weighted by atomic mass is 16.1. The number of carbonyl (C=O) groups excluding carboxylic acids is 1. The van der Waals surface area contributed by atoms with Crippen LogP contribution in [-0.4, -0.2) is 11.9 Å². The van der Waals surface area contributed by atoms with Crippen molar-refractivity contribution in [1.82, 2.24) is 0 Å². The Morgan fingerprint density at radius 3 is 2.40 bits per heavy atom. The molecule has 0 saturated carbocycles. The van der Waals surface area contributed by atoms with Crippen LogP contribution in [0.3, 0.4) is 0 Å². The summed E-state index contributed by atoms with van der Waals surface area (Å²) in [5, 5.41) is 3.24. The number of carbonyl (C=O) groups is 1. The van der Waals surface area contributed by atoms with Crippen LogP contribution >= 0.6 is 0 Å². The van der Waals surface area contributed by atoms with Gasteiger partial charge in [0.25, 0.3) is 0 Å². The second-order valence-electron chi connectivity index (χ2n) is 4.83. The summed E-state index contributed by atoms with van der Waals surface area (Å²) in [6, 6.07) is 18.0. The molecular weight excluding hydrogens is 248 g/mol. The van der Waals surface area contributed by atoms with E-state index in [9.17, 15) is 4.79 Å². The van der Waals surface area contributed by atoms with Gasteiger partial charge < -0.3 is 11.1 Å². The number of nitrogens with one attached hydrogen (secondary N) is 1. The first-order valence-electron chi connectivity index (χ1n) is 6.88. The fourth-order valence-corrected chi connectivity index (χ4v) is 2.19. The number of benzene rings is 2. The van der Waals surface area contributed by atoms with Gasteiger partial charge in [-0.3, -0.25) is 4.79 Å². The first-order valence-corrected chi connectivity index (χ1v) is 6.88. The average Bonchev–Trinajstić information content (AvgIpc) is 2.47. The number of nitrogens with two attached hydrogens (primary N) is 1. The van der Waals surface area contributed by atoms with E-state index in [4.69, 9.17) is 5.73 Å². The average molecular weight is 268 g/mol. The maximum absolute atomic E-state index is 11.4. The third kappa shape index (κ3) is 3.60. The maximum atomic E-state index is 11.4. The molecule has 0 aliphatic carbocycles. The molecular formula is C17H20N2O. The molecule has 3 nitrogen and oxygen atoms in total. The summed E-state index contributed by atoms with van der Waals surface area (Å²) >= 11 is 0. The van der Waals surface area contributed by atoms with Crippen LogP contribution in [0, 0.1) is 0 Å². The SMILES string of the molecule is CCC(Nc1ccccc1Cc1ccccc1)C(N)=O. The lowest BCUT2D eigenvalue weighted by atomic mass is 10.0. The van der Waals surface area contributed by atoms with Gasteiger partial charge in [-0.25, -0.2) is 0 Å². The number of rotatable bonds is 6. The molecule has 2 aromatic carbocycles. The van der Waals surface area contributed by atoms with Gasteiger partial charge in [0.05, 0.1) is 0 Å². The first kappa shape index (κ1) is 14.1. The Bertz CT molecular complexity index is 566. The van der Waals surface area contributed by atoms with E-state index in [-0.39, 0.29) is 11.9 Å². The minimum absolute atomic E-state index is 0.318. The third-order valence-electron chi connectivity index (χ3n) is 3.34. The van der Waals surface area contributed by atoms with Crippen LogP contribution in [-0.2, 0) is 11.2 Å². The van der Waals surface area contributed by atoms with Crippen molar-refractivity contribution in [3.8, 4) is 0 Å². The van der Waals surface area contributed by atoms with Crippen LogP contribution in [0.5, 0.6) is 0 Å². The van der Waals surface area contributed by atoms with Crippen LogP contribution in [0.4, 0.5) is 5.69 Å². The second kappa shape index (κ2) is 6.75. The van der Waals surface area contributed by atoms with E-state index >= 15 is 0 Å². The molecule has 1 atom stereocenters. The molecule has 0 saturated heterocycles. The van der Waals surface area contributed by atoms with Gasteiger partial charge in [0, 0.05) is 5.69 Å². The van der Waals surface area contributed by atoms with Crippen LogP contribution in [0.25, 0.3) is 0 Å². The fraction of sp³-hybridized carbons (Fsp3) is 0.235. The summed E-state index contributed by atoms with van der Waals surface area (Å²) in [7, 11) is 0. The molecule has 0 radical (unpaired) electrons. The van der Waals surface area contributed by atoms with Gasteiger partial charge in [-0.1, -0.05) is 55.5 Å². The van der Waals surface area contributed by atoms with E-state index in [1.807, 2.05) is 43.3 Å². The Hall–Kier alpha value is -2.29. The molecule has 3 heteroatoms. The minimum Gasteiger partial charge on any atom is -0.373 e. The zero-order chi connectivity index (χ0) is 14.4. The molecule has 0 heterocycles. The van der Waals surface area contributed by atoms with Crippen molar-refractivity contribution < 1.29 is 4.79 Å². The Labute approximate surface area is 119 Å². The third-order valence-corrected chi connectivity index (χ3v) is 3.34. The van der Waals surface area contributed by atoms with Gasteiger partial charge in [0.1, 0.15) is 6.04 Å². The highest BCUT2D eigenvalue weighted by Gasteiger charge is 2.13. The van der Waals surface area contributed by atoms with E-state index in [1.54, 1.807) is 0 Å². The monoisotopic (exact) mass is 268 g/mol. The number of primary amides is 1. The number of amides is 1. The first-order chi connectivity index (χ1) is 9.70. The van der Waals surface area contributed by atoms with Gasteiger partial charge in [0.2, 0.25) is 5.91 Å². The normalized spacial score (nSPS) is 11.8. The van der Waals surface area contributed by atoms with E-state index in [0.717, 1.165) is 12.1 Å². The smallest absolute Gasteiger partial charge is 0.239 e. The highest BCUT2D eigenvalue weighted by Crippen LogP contribution is 2.20. The molecule has 0 aliphatic heterocycles. The van der Waals surface area contributed by atoms with Crippen molar-refractivity contribution in [2.24, 2.45) is 5.73 Å². The van der Waals surface area contributed by atoms with Crippen molar-refractivity contribution >= 4 is 11.6 Å². The predicted octanol–water partition coefficient (Wildman–Crippen LogP) is 2.95. The van der Waals surface area contributed by atoms with Crippen molar-refractivity contribution in [3.05, 3.63) is 65.7 Å². The van der Waals surface area contributed by atoms with Gasteiger partial charge in [-0.2, -0.15) is 0 Å². The summed E-state index contributed by atoms with van der Waals surface area (Å²) in [5.74, 6) is -0.318. The summed E-state index contributed by atoms with van der Waals surface area (Å²) in [5.41, 5.74) is 8.78. The number of anilines is 1. The van der Waals surface area contributed by atoms with Crippen molar-refractivity contribution in [1.29, 1.82) is 0 Å². The van der Waals surface area contributed by atoms with E-state index in [1.165, 1.54) is 11.1 Å². The number of para-hydroxylation sites is 1. The number of hydrogen-bond acceptors (Lipinski definition) is 2. The summed E-state index contributed by atoms with van der Waals surface area (Å²) in [6.45, 7) is 1.95. The van der Waals surface area contributed by atoms with Crippen LogP contribution < -0.4 is 11.1 Å². The topological polar surface area (TPSA) is 55.1 Å². The van der Waals surface area contributed by atoms with Gasteiger partial charge in [-0.05, 0) is 30.0 Å². The van der Waals surface area contributed by atoms with Gasteiger partial charge in [-0.15, -0.1) is 0 Å². The van der Waals surface area contributed by atoms with Crippen molar-refractivity contribution in [3.63, 3.8) is 0 Å². The molecule has 0 fully saturated rings. The van der Waals surface area contributed by atoms with Crippen LogP contribution in [0.1, 0.15) is 24.5 Å². The zero-order valence-electron chi connectivity index (χ0n) is 11.7. The van der Waals surface area contributed by atoms with Gasteiger partial charge in [0.15, 0.2) is 0 Å². The molecule has 2 rings (SSSR count). The van der Waals surface area contributed by atoms with Crippen LogP contribution in [0.15, 0.2) is 54.6 Å². The molecule has 0 aliphatic rings. The summed E-state index contributed by atoms with van der Waals surface area (Å²) in [6.07, 6.45) is 1.51. The quantitative estimate of drug-likeness (QED) is 0.846. The predicted molar refractivity (Wildman–Crippen MR) is 82.6 cm³/mol. The lowest BCUT2D eigenvalue weighted by Gasteiger charge is -2.18. The molecule has 0 aromatic heterocycles.